The first-order valence-electron chi connectivity index (χ1n) is 9.21. The summed E-state index contributed by atoms with van der Waals surface area (Å²) in [5.74, 6) is 0.144. The molecule has 0 spiro atoms. The van der Waals surface area contributed by atoms with Crippen molar-refractivity contribution < 1.29 is 23.8 Å². The fourth-order valence-corrected chi connectivity index (χ4v) is 3.12. The molecule has 0 atom stereocenters. The minimum atomic E-state index is -0.615. The third-order valence-electron chi connectivity index (χ3n) is 4.34. The van der Waals surface area contributed by atoms with Crippen molar-refractivity contribution >= 4 is 29.6 Å². The van der Waals surface area contributed by atoms with Crippen LogP contribution < -0.4 is 9.47 Å². The third-order valence-corrected chi connectivity index (χ3v) is 4.62. The van der Waals surface area contributed by atoms with Gasteiger partial charge in [0.25, 0.3) is 5.91 Å². The molecule has 2 aromatic rings. The third kappa shape index (κ3) is 5.51. The van der Waals surface area contributed by atoms with Crippen LogP contribution in [0.15, 0.2) is 48.5 Å². The van der Waals surface area contributed by atoms with E-state index in [1.165, 1.54) is 6.08 Å². The van der Waals surface area contributed by atoms with Gasteiger partial charge in [0.1, 0.15) is 0 Å². The summed E-state index contributed by atoms with van der Waals surface area (Å²) in [6.45, 7) is 4.09. The lowest BCUT2D eigenvalue weighted by Crippen LogP contribution is -2.39. The van der Waals surface area contributed by atoms with Crippen molar-refractivity contribution in [1.82, 2.24) is 4.90 Å². The SMILES string of the molecule is CC(C)N(Cc1ccccc1)C(=O)COC(=O)/C=C/c1cc(Cl)c2c(c1)OCO2. The van der Waals surface area contributed by atoms with E-state index in [-0.39, 0.29) is 25.3 Å². The molecule has 152 valence electrons. The van der Waals surface area contributed by atoms with Gasteiger partial charge >= 0.3 is 5.97 Å². The Morgan fingerprint density at radius 3 is 2.69 bits per heavy atom. The molecule has 0 radical (unpaired) electrons. The number of halogens is 1. The number of carbonyl (C=O) groups excluding carboxylic acids is 2. The standard InChI is InChI=1S/C22H22ClNO5/c1-15(2)24(12-16-6-4-3-5-7-16)20(25)13-27-21(26)9-8-17-10-18(23)22-19(11-17)28-14-29-22/h3-11,15H,12-14H2,1-2H3/b9-8+. The van der Waals surface area contributed by atoms with Crippen LogP contribution in [0.2, 0.25) is 5.02 Å². The van der Waals surface area contributed by atoms with Crippen LogP contribution in [0.1, 0.15) is 25.0 Å². The van der Waals surface area contributed by atoms with Gasteiger partial charge in [-0.15, -0.1) is 0 Å². The number of ether oxygens (including phenoxy) is 3. The summed E-state index contributed by atoms with van der Waals surface area (Å²) < 4.78 is 15.7. The van der Waals surface area contributed by atoms with Gasteiger partial charge in [0.2, 0.25) is 6.79 Å². The van der Waals surface area contributed by atoms with Gasteiger partial charge in [-0.25, -0.2) is 4.79 Å². The molecule has 0 saturated heterocycles. The van der Waals surface area contributed by atoms with Crippen LogP contribution in [0.5, 0.6) is 11.5 Å². The Bertz CT molecular complexity index is 911. The number of fused-ring (bicyclic) bond motifs is 1. The van der Waals surface area contributed by atoms with Crippen LogP contribution in [-0.4, -0.2) is 36.2 Å². The van der Waals surface area contributed by atoms with Crippen molar-refractivity contribution in [3.63, 3.8) is 0 Å². The molecule has 1 aliphatic rings. The summed E-state index contributed by atoms with van der Waals surface area (Å²) >= 11 is 6.12. The van der Waals surface area contributed by atoms with Crippen LogP contribution in [0.25, 0.3) is 6.08 Å². The Labute approximate surface area is 174 Å². The second kappa shape index (κ2) is 9.47. The summed E-state index contributed by atoms with van der Waals surface area (Å²) in [4.78, 5) is 26.2. The molecule has 7 heteroatoms. The quantitative estimate of drug-likeness (QED) is 0.504. The number of carbonyl (C=O) groups is 2. The Morgan fingerprint density at radius 1 is 1.21 bits per heavy atom. The zero-order chi connectivity index (χ0) is 20.8. The van der Waals surface area contributed by atoms with Gasteiger partial charge in [-0.3, -0.25) is 4.79 Å². The predicted octanol–water partition coefficient (Wildman–Crippen LogP) is 4.06. The lowest BCUT2D eigenvalue weighted by molar-refractivity contribution is -0.149. The molecular weight excluding hydrogens is 394 g/mol. The lowest BCUT2D eigenvalue weighted by Gasteiger charge is -2.26. The van der Waals surface area contributed by atoms with Gasteiger partial charge in [-0.1, -0.05) is 41.9 Å². The largest absolute Gasteiger partial charge is 0.454 e. The molecule has 1 amide bonds. The smallest absolute Gasteiger partial charge is 0.331 e. The Hall–Kier alpha value is -2.99. The highest BCUT2D eigenvalue weighted by Gasteiger charge is 2.19. The Morgan fingerprint density at radius 2 is 1.97 bits per heavy atom. The van der Waals surface area contributed by atoms with Crippen molar-refractivity contribution in [1.29, 1.82) is 0 Å². The molecule has 6 nitrogen and oxygen atoms in total. The Balaban J connectivity index is 1.55. The van der Waals surface area contributed by atoms with Crippen LogP contribution in [0, 0.1) is 0 Å². The molecule has 0 bridgehead atoms. The molecule has 0 N–H and O–H groups in total. The van der Waals surface area contributed by atoms with Crippen LogP contribution in [0.3, 0.4) is 0 Å². The zero-order valence-corrected chi connectivity index (χ0v) is 17.0. The Kier molecular flexibility index (Phi) is 6.77. The number of nitrogens with zero attached hydrogens (tertiary/aromatic N) is 1. The van der Waals surface area contributed by atoms with Crippen molar-refractivity contribution in [3.05, 3.63) is 64.7 Å². The summed E-state index contributed by atoms with van der Waals surface area (Å²) in [5.41, 5.74) is 1.68. The summed E-state index contributed by atoms with van der Waals surface area (Å²) in [5, 5.41) is 0.400. The maximum Gasteiger partial charge on any atom is 0.331 e. The molecule has 0 unspecified atom stereocenters. The molecular formula is C22H22ClNO5. The fraction of sp³-hybridized carbons (Fsp3) is 0.273. The van der Waals surface area contributed by atoms with E-state index < -0.39 is 5.97 Å². The first kappa shape index (κ1) is 20.7. The molecule has 0 aliphatic carbocycles. The molecule has 2 aromatic carbocycles. The second-order valence-electron chi connectivity index (χ2n) is 6.78. The summed E-state index contributed by atoms with van der Waals surface area (Å²) in [7, 11) is 0. The number of hydrogen-bond donors (Lipinski definition) is 0. The zero-order valence-electron chi connectivity index (χ0n) is 16.3. The normalized spacial score (nSPS) is 12.4. The van der Waals surface area contributed by atoms with E-state index in [2.05, 4.69) is 0 Å². The number of hydrogen-bond acceptors (Lipinski definition) is 5. The van der Waals surface area contributed by atoms with Crippen molar-refractivity contribution in [2.75, 3.05) is 13.4 Å². The van der Waals surface area contributed by atoms with Crippen LogP contribution >= 0.6 is 11.6 Å². The van der Waals surface area contributed by atoms with Gasteiger partial charge in [0, 0.05) is 18.7 Å². The van der Waals surface area contributed by atoms with E-state index in [1.54, 1.807) is 23.1 Å². The van der Waals surface area contributed by atoms with Crippen LogP contribution in [-0.2, 0) is 20.9 Å². The second-order valence-corrected chi connectivity index (χ2v) is 7.19. The van der Waals surface area contributed by atoms with E-state index >= 15 is 0 Å². The maximum absolute atomic E-state index is 12.5. The average Bonchev–Trinajstić information content (AvgIpc) is 3.18. The highest BCUT2D eigenvalue weighted by molar-refractivity contribution is 6.32. The summed E-state index contributed by atoms with van der Waals surface area (Å²) in [6.07, 6.45) is 2.79. The first-order chi connectivity index (χ1) is 13.9. The fourth-order valence-electron chi connectivity index (χ4n) is 2.85. The first-order valence-corrected chi connectivity index (χ1v) is 9.59. The maximum atomic E-state index is 12.5. The molecule has 29 heavy (non-hydrogen) atoms. The van der Waals surface area contributed by atoms with E-state index in [4.69, 9.17) is 25.8 Å². The van der Waals surface area contributed by atoms with Gasteiger partial charge in [-0.05, 0) is 43.2 Å². The minimum Gasteiger partial charge on any atom is -0.454 e. The molecule has 3 rings (SSSR count). The average molecular weight is 416 g/mol. The van der Waals surface area contributed by atoms with Crippen molar-refractivity contribution in [3.8, 4) is 11.5 Å². The van der Waals surface area contributed by atoms with E-state index in [1.807, 2.05) is 44.2 Å². The van der Waals surface area contributed by atoms with Gasteiger partial charge in [0.15, 0.2) is 18.1 Å². The van der Waals surface area contributed by atoms with Gasteiger partial charge in [-0.2, -0.15) is 0 Å². The molecule has 0 saturated carbocycles. The number of amides is 1. The number of esters is 1. The van der Waals surface area contributed by atoms with E-state index in [0.717, 1.165) is 5.56 Å². The monoisotopic (exact) mass is 415 g/mol. The van der Waals surface area contributed by atoms with Crippen LogP contribution in [0.4, 0.5) is 0 Å². The predicted molar refractivity (Wildman–Crippen MR) is 110 cm³/mol. The number of benzene rings is 2. The van der Waals surface area contributed by atoms with Crippen molar-refractivity contribution in [2.24, 2.45) is 0 Å². The van der Waals surface area contributed by atoms with Gasteiger partial charge < -0.3 is 19.1 Å². The topological polar surface area (TPSA) is 65.1 Å². The molecule has 0 fully saturated rings. The minimum absolute atomic E-state index is 0.0206. The molecule has 1 aliphatic heterocycles. The molecule has 1 heterocycles. The lowest BCUT2D eigenvalue weighted by atomic mass is 10.2. The molecule has 0 aromatic heterocycles. The number of rotatable bonds is 7. The highest BCUT2D eigenvalue weighted by Crippen LogP contribution is 2.40. The summed E-state index contributed by atoms with van der Waals surface area (Å²) in [6, 6.07) is 13.0. The van der Waals surface area contributed by atoms with E-state index in [9.17, 15) is 9.59 Å². The van der Waals surface area contributed by atoms with E-state index in [0.29, 0.717) is 28.6 Å². The highest BCUT2D eigenvalue weighted by atomic mass is 35.5. The van der Waals surface area contributed by atoms with Gasteiger partial charge in [0.05, 0.1) is 5.02 Å². The van der Waals surface area contributed by atoms with Crippen molar-refractivity contribution in [2.45, 2.75) is 26.4 Å².